The van der Waals surface area contributed by atoms with Crippen molar-refractivity contribution in [2.75, 3.05) is 31.6 Å². The maximum atomic E-state index is 11.9. The third kappa shape index (κ3) is 2.17. The third-order valence-corrected chi connectivity index (χ3v) is 4.30. The van der Waals surface area contributed by atoms with Crippen LogP contribution >= 0.6 is 11.8 Å². The molecular weight excluding hydrogens is 238 g/mol. The van der Waals surface area contributed by atoms with Crippen LogP contribution in [-0.4, -0.2) is 58.8 Å². The molecule has 0 spiro atoms. The lowest BCUT2D eigenvalue weighted by Gasteiger charge is -2.43. The molecule has 0 aromatic heterocycles. The van der Waals surface area contributed by atoms with Crippen molar-refractivity contribution >= 4 is 23.6 Å². The summed E-state index contributed by atoms with van der Waals surface area (Å²) >= 11 is 1.33. The zero-order valence-electron chi connectivity index (χ0n) is 9.81. The van der Waals surface area contributed by atoms with E-state index in [2.05, 4.69) is 11.0 Å². The summed E-state index contributed by atoms with van der Waals surface area (Å²) in [5.41, 5.74) is -0.901. The fraction of sp³-hybridized carbons (Fsp3) is 0.727. The van der Waals surface area contributed by atoms with Crippen LogP contribution in [0.5, 0.6) is 0 Å². The van der Waals surface area contributed by atoms with E-state index in [-0.39, 0.29) is 11.8 Å². The van der Waals surface area contributed by atoms with Gasteiger partial charge in [0.1, 0.15) is 5.54 Å². The zero-order chi connectivity index (χ0) is 12.5. The number of nitrogens with zero attached hydrogens (tertiary/aromatic N) is 3. The first-order chi connectivity index (χ1) is 8.09. The highest BCUT2D eigenvalue weighted by molar-refractivity contribution is 8.00. The highest BCUT2D eigenvalue weighted by Crippen LogP contribution is 2.31. The number of hydrogen-bond acceptors (Lipinski definition) is 5. The molecule has 2 rings (SSSR count). The molecule has 0 aromatic carbocycles. The van der Waals surface area contributed by atoms with Crippen molar-refractivity contribution < 1.29 is 9.59 Å². The number of carbonyl (C=O) groups excluding carboxylic acids is 2. The minimum Gasteiger partial charge on any atom is -0.306 e. The molecule has 2 fully saturated rings. The van der Waals surface area contributed by atoms with E-state index in [1.165, 1.54) is 16.7 Å². The molecule has 0 N–H and O–H groups in total. The molecule has 0 aliphatic carbocycles. The molecule has 0 aromatic rings. The summed E-state index contributed by atoms with van der Waals surface area (Å²) in [7, 11) is 1.98. The van der Waals surface area contributed by atoms with E-state index >= 15 is 0 Å². The number of piperidine rings is 1. The normalized spacial score (nSPS) is 25.8. The van der Waals surface area contributed by atoms with Crippen molar-refractivity contribution in [1.82, 2.24) is 9.80 Å². The lowest BCUT2D eigenvalue weighted by molar-refractivity contribution is -0.149. The van der Waals surface area contributed by atoms with Crippen LogP contribution in [0.15, 0.2) is 0 Å². The molecular formula is C11H15N3O2S. The Bertz CT molecular complexity index is 367. The van der Waals surface area contributed by atoms with Crippen LogP contribution < -0.4 is 0 Å². The predicted octanol–water partition coefficient (Wildman–Crippen LogP) is 0.0764. The molecule has 2 heterocycles. The average Bonchev–Trinajstić information content (AvgIpc) is 2.32. The monoisotopic (exact) mass is 253 g/mol. The Kier molecular flexibility index (Phi) is 3.40. The van der Waals surface area contributed by atoms with Gasteiger partial charge in [-0.25, -0.2) is 0 Å². The smallest absolute Gasteiger partial charge is 0.240 e. The first-order valence-corrected chi connectivity index (χ1v) is 6.78. The largest absolute Gasteiger partial charge is 0.306 e. The van der Waals surface area contributed by atoms with Crippen LogP contribution in [0, 0.1) is 11.3 Å². The highest BCUT2D eigenvalue weighted by Gasteiger charge is 2.46. The average molecular weight is 253 g/mol. The Morgan fingerprint density at radius 3 is 2.24 bits per heavy atom. The Labute approximate surface area is 105 Å². The van der Waals surface area contributed by atoms with Gasteiger partial charge in [-0.05, 0) is 19.9 Å². The van der Waals surface area contributed by atoms with Crippen molar-refractivity contribution in [3.63, 3.8) is 0 Å². The molecule has 6 heteroatoms. The number of imide groups is 1. The third-order valence-electron chi connectivity index (χ3n) is 3.40. The van der Waals surface area contributed by atoms with E-state index in [4.69, 9.17) is 0 Å². The lowest BCUT2D eigenvalue weighted by Crippen LogP contribution is -2.60. The fourth-order valence-corrected chi connectivity index (χ4v) is 3.05. The molecule has 17 heavy (non-hydrogen) atoms. The van der Waals surface area contributed by atoms with Gasteiger partial charge in [-0.2, -0.15) is 5.26 Å². The fourth-order valence-electron chi connectivity index (χ4n) is 2.35. The van der Waals surface area contributed by atoms with Crippen LogP contribution in [-0.2, 0) is 9.59 Å². The van der Waals surface area contributed by atoms with E-state index in [9.17, 15) is 14.9 Å². The summed E-state index contributed by atoms with van der Waals surface area (Å²) in [6, 6.07) is 2.22. The van der Waals surface area contributed by atoms with E-state index in [1.807, 2.05) is 7.05 Å². The molecule has 2 saturated heterocycles. The number of likely N-dealkylation sites (tertiary alicyclic amines) is 1. The molecule has 2 amide bonds. The second kappa shape index (κ2) is 4.67. The maximum Gasteiger partial charge on any atom is 0.240 e. The van der Waals surface area contributed by atoms with Crippen molar-refractivity contribution in [3.05, 3.63) is 0 Å². The molecule has 0 radical (unpaired) electrons. The molecule has 92 valence electrons. The van der Waals surface area contributed by atoms with Gasteiger partial charge in [0.25, 0.3) is 0 Å². The number of hydrogen-bond donors (Lipinski definition) is 0. The zero-order valence-corrected chi connectivity index (χ0v) is 10.6. The minimum atomic E-state index is -0.901. The lowest BCUT2D eigenvalue weighted by atomic mass is 9.87. The Hall–Kier alpha value is -1.06. The number of amides is 2. The maximum absolute atomic E-state index is 11.9. The number of carbonyl (C=O) groups is 2. The number of thioether (sulfide) groups is 1. The molecule has 0 atom stereocenters. The van der Waals surface area contributed by atoms with Gasteiger partial charge in [-0.1, -0.05) is 0 Å². The summed E-state index contributed by atoms with van der Waals surface area (Å²) in [5.74, 6) is 0.199. The van der Waals surface area contributed by atoms with E-state index in [0.29, 0.717) is 24.3 Å². The Balaban J connectivity index is 2.25. The molecule has 2 aliphatic rings. The predicted molar refractivity (Wildman–Crippen MR) is 64.3 cm³/mol. The van der Waals surface area contributed by atoms with Gasteiger partial charge in [0, 0.05) is 13.1 Å². The summed E-state index contributed by atoms with van der Waals surface area (Å²) in [6.07, 6.45) is 1.12. The first-order valence-electron chi connectivity index (χ1n) is 5.62. The molecule has 5 nitrogen and oxygen atoms in total. The second-order valence-electron chi connectivity index (χ2n) is 4.56. The van der Waals surface area contributed by atoms with Crippen LogP contribution in [0.1, 0.15) is 12.8 Å². The standard InChI is InChI=1S/C11H15N3O2S/c1-13-4-2-11(8-12,3-5-13)14-9(15)6-17-7-10(14)16/h2-7H2,1H3. The van der Waals surface area contributed by atoms with Gasteiger partial charge in [0.15, 0.2) is 0 Å². The van der Waals surface area contributed by atoms with Gasteiger partial charge in [-0.3, -0.25) is 14.5 Å². The minimum absolute atomic E-state index is 0.211. The second-order valence-corrected chi connectivity index (χ2v) is 5.55. The van der Waals surface area contributed by atoms with Crippen molar-refractivity contribution in [2.45, 2.75) is 18.4 Å². The Morgan fingerprint density at radius 2 is 1.76 bits per heavy atom. The Morgan fingerprint density at radius 1 is 1.24 bits per heavy atom. The van der Waals surface area contributed by atoms with Crippen LogP contribution in [0.25, 0.3) is 0 Å². The van der Waals surface area contributed by atoms with E-state index in [0.717, 1.165) is 13.1 Å². The van der Waals surface area contributed by atoms with E-state index in [1.54, 1.807) is 0 Å². The molecule has 0 bridgehead atoms. The summed E-state index contributed by atoms with van der Waals surface area (Å²) < 4.78 is 0. The SMILES string of the molecule is CN1CCC(C#N)(N2C(=O)CSCC2=O)CC1. The molecule has 0 unspecified atom stereocenters. The summed E-state index contributed by atoms with van der Waals surface area (Å²) in [5, 5.41) is 9.39. The van der Waals surface area contributed by atoms with Crippen LogP contribution in [0.2, 0.25) is 0 Å². The van der Waals surface area contributed by atoms with Crippen molar-refractivity contribution in [3.8, 4) is 6.07 Å². The summed E-state index contributed by atoms with van der Waals surface area (Å²) in [6.45, 7) is 1.50. The van der Waals surface area contributed by atoms with Gasteiger partial charge in [0.05, 0.1) is 17.6 Å². The van der Waals surface area contributed by atoms with Crippen LogP contribution in [0.4, 0.5) is 0 Å². The van der Waals surface area contributed by atoms with Gasteiger partial charge < -0.3 is 4.90 Å². The summed E-state index contributed by atoms with van der Waals surface area (Å²) in [4.78, 5) is 27.1. The molecule has 2 aliphatic heterocycles. The van der Waals surface area contributed by atoms with Gasteiger partial charge >= 0.3 is 0 Å². The van der Waals surface area contributed by atoms with E-state index < -0.39 is 5.54 Å². The number of rotatable bonds is 1. The van der Waals surface area contributed by atoms with Crippen molar-refractivity contribution in [2.24, 2.45) is 0 Å². The van der Waals surface area contributed by atoms with Crippen molar-refractivity contribution in [1.29, 1.82) is 5.26 Å². The first kappa shape index (κ1) is 12.4. The van der Waals surface area contributed by atoms with Gasteiger partial charge in [0.2, 0.25) is 11.8 Å². The molecule has 0 saturated carbocycles. The van der Waals surface area contributed by atoms with Crippen LogP contribution in [0.3, 0.4) is 0 Å². The van der Waals surface area contributed by atoms with Gasteiger partial charge in [-0.15, -0.1) is 11.8 Å². The number of nitriles is 1. The topological polar surface area (TPSA) is 64.4 Å². The highest BCUT2D eigenvalue weighted by atomic mass is 32.2. The quantitative estimate of drug-likeness (QED) is 0.619.